The third-order valence-corrected chi connectivity index (χ3v) is 3.81. The summed E-state index contributed by atoms with van der Waals surface area (Å²) in [4.78, 5) is 26.2. The van der Waals surface area contributed by atoms with E-state index in [9.17, 15) is 9.59 Å². The molecule has 5 heteroatoms. The van der Waals surface area contributed by atoms with Crippen LogP contribution in [-0.4, -0.2) is 38.9 Å². The van der Waals surface area contributed by atoms with Gasteiger partial charge >= 0.3 is 5.97 Å². The molecule has 0 aromatic carbocycles. The van der Waals surface area contributed by atoms with Gasteiger partial charge in [0.15, 0.2) is 0 Å². The molecule has 1 saturated heterocycles. The standard InChI is InChI=1S/C15H24INO3/c1-5-6-13(18)17-11(9-10-16)7-8-12(17)14(19)20-15(2,3)4/h5-6,11-12H,7-10H2,1-4H3/t11-,12+/m1/s1. The Balaban J connectivity index is 2.88. The molecule has 2 atom stereocenters. The van der Waals surface area contributed by atoms with Gasteiger partial charge in [-0.3, -0.25) is 4.79 Å². The molecule has 1 fully saturated rings. The van der Waals surface area contributed by atoms with E-state index < -0.39 is 11.6 Å². The van der Waals surface area contributed by atoms with Crippen molar-refractivity contribution in [2.45, 2.75) is 64.6 Å². The van der Waals surface area contributed by atoms with Crippen molar-refractivity contribution < 1.29 is 14.3 Å². The number of esters is 1. The van der Waals surface area contributed by atoms with Crippen LogP contribution in [0.25, 0.3) is 0 Å². The molecule has 0 N–H and O–H groups in total. The number of amides is 1. The third kappa shape index (κ3) is 4.75. The molecule has 0 bridgehead atoms. The number of hydrogen-bond acceptors (Lipinski definition) is 3. The molecule has 0 aliphatic carbocycles. The van der Waals surface area contributed by atoms with Crippen molar-refractivity contribution in [3.63, 3.8) is 0 Å². The fourth-order valence-corrected chi connectivity index (χ4v) is 3.17. The largest absolute Gasteiger partial charge is 0.458 e. The number of hydrogen-bond donors (Lipinski definition) is 0. The van der Waals surface area contributed by atoms with Crippen LogP contribution in [0.5, 0.6) is 0 Å². The van der Waals surface area contributed by atoms with Crippen molar-refractivity contribution >= 4 is 34.5 Å². The Labute approximate surface area is 135 Å². The van der Waals surface area contributed by atoms with Gasteiger partial charge < -0.3 is 9.64 Å². The zero-order valence-electron chi connectivity index (χ0n) is 12.7. The summed E-state index contributed by atoms with van der Waals surface area (Å²) in [5.74, 6) is -0.373. The van der Waals surface area contributed by atoms with Crippen LogP contribution in [0, 0.1) is 0 Å². The minimum absolute atomic E-state index is 0.0873. The summed E-state index contributed by atoms with van der Waals surface area (Å²) in [6, 6.07) is -0.293. The molecule has 0 saturated carbocycles. The first-order chi connectivity index (χ1) is 9.30. The Morgan fingerprint density at radius 3 is 2.50 bits per heavy atom. The zero-order chi connectivity index (χ0) is 15.3. The number of nitrogens with zero attached hydrogens (tertiary/aromatic N) is 1. The van der Waals surface area contributed by atoms with E-state index in [1.807, 2.05) is 27.7 Å². The Kier molecular flexibility index (Phi) is 6.48. The highest BCUT2D eigenvalue weighted by atomic mass is 127. The van der Waals surface area contributed by atoms with E-state index in [0.717, 1.165) is 17.3 Å². The number of halogens is 1. The molecule has 4 nitrogen and oxygen atoms in total. The number of rotatable bonds is 4. The lowest BCUT2D eigenvalue weighted by Gasteiger charge is -2.30. The number of likely N-dealkylation sites (tertiary alicyclic amines) is 1. The molecule has 1 heterocycles. The van der Waals surface area contributed by atoms with Crippen molar-refractivity contribution in [1.29, 1.82) is 0 Å². The van der Waals surface area contributed by atoms with E-state index in [2.05, 4.69) is 22.6 Å². The lowest BCUT2D eigenvalue weighted by molar-refractivity contribution is -0.163. The van der Waals surface area contributed by atoms with Gasteiger partial charge in [-0.05, 0) is 53.0 Å². The number of ether oxygens (including phenoxy) is 1. The summed E-state index contributed by atoms with van der Waals surface area (Å²) in [5, 5.41) is 0. The van der Waals surface area contributed by atoms with Crippen molar-refractivity contribution in [2.24, 2.45) is 0 Å². The molecule has 20 heavy (non-hydrogen) atoms. The average molecular weight is 393 g/mol. The van der Waals surface area contributed by atoms with E-state index in [1.165, 1.54) is 6.08 Å². The number of carbonyl (C=O) groups excluding carboxylic acids is 2. The maximum atomic E-state index is 12.3. The molecule has 1 rings (SSSR count). The van der Waals surface area contributed by atoms with Crippen molar-refractivity contribution in [3.8, 4) is 0 Å². The molecular formula is C15H24INO3. The second-order valence-corrected chi connectivity index (χ2v) is 7.08. The molecule has 1 aliphatic heterocycles. The SMILES string of the molecule is CC=CC(=O)N1[C@@H](CCI)CC[C@H]1C(=O)OC(C)(C)C. The number of allylic oxidation sites excluding steroid dienone is 1. The van der Waals surface area contributed by atoms with Gasteiger partial charge in [-0.25, -0.2) is 4.79 Å². The van der Waals surface area contributed by atoms with Crippen LogP contribution in [0.2, 0.25) is 0 Å². The third-order valence-electron chi connectivity index (χ3n) is 3.19. The van der Waals surface area contributed by atoms with Gasteiger partial charge in [0.25, 0.3) is 0 Å². The quantitative estimate of drug-likeness (QED) is 0.319. The fraction of sp³-hybridized carbons (Fsp3) is 0.733. The fourth-order valence-electron chi connectivity index (χ4n) is 2.46. The summed E-state index contributed by atoms with van der Waals surface area (Å²) in [6.45, 7) is 7.35. The first-order valence-corrected chi connectivity index (χ1v) is 8.56. The van der Waals surface area contributed by atoms with E-state index in [-0.39, 0.29) is 17.9 Å². The van der Waals surface area contributed by atoms with Crippen LogP contribution in [-0.2, 0) is 14.3 Å². The molecule has 0 aromatic rings. The van der Waals surface area contributed by atoms with Gasteiger partial charge in [0.2, 0.25) is 5.91 Å². The lowest BCUT2D eigenvalue weighted by atomic mass is 10.1. The highest BCUT2D eigenvalue weighted by molar-refractivity contribution is 14.1. The molecule has 0 aromatic heterocycles. The summed E-state index contributed by atoms with van der Waals surface area (Å²) < 4.78 is 6.42. The van der Waals surface area contributed by atoms with Crippen molar-refractivity contribution in [2.75, 3.05) is 4.43 Å². The minimum atomic E-state index is -0.520. The van der Waals surface area contributed by atoms with Gasteiger partial charge in [0, 0.05) is 10.5 Å². The van der Waals surface area contributed by atoms with Crippen molar-refractivity contribution in [1.82, 2.24) is 4.90 Å². The van der Waals surface area contributed by atoms with Crippen LogP contribution in [0.15, 0.2) is 12.2 Å². The predicted molar refractivity (Wildman–Crippen MR) is 87.8 cm³/mol. The van der Waals surface area contributed by atoms with E-state index in [0.29, 0.717) is 6.42 Å². The van der Waals surface area contributed by atoms with E-state index >= 15 is 0 Å². The second-order valence-electron chi connectivity index (χ2n) is 6.00. The minimum Gasteiger partial charge on any atom is -0.458 e. The van der Waals surface area contributed by atoms with Crippen LogP contribution >= 0.6 is 22.6 Å². The number of alkyl halides is 1. The molecule has 0 radical (unpaired) electrons. The van der Waals surface area contributed by atoms with Crippen LogP contribution in [0.1, 0.15) is 47.0 Å². The molecule has 0 spiro atoms. The van der Waals surface area contributed by atoms with Gasteiger partial charge in [0.05, 0.1) is 0 Å². The average Bonchev–Trinajstić information content (AvgIpc) is 2.71. The summed E-state index contributed by atoms with van der Waals surface area (Å²) >= 11 is 2.31. The van der Waals surface area contributed by atoms with E-state index in [4.69, 9.17) is 4.74 Å². The van der Waals surface area contributed by atoms with E-state index in [1.54, 1.807) is 11.0 Å². The first kappa shape index (κ1) is 17.5. The van der Waals surface area contributed by atoms with Gasteiger partial charge in [0.1, 0.15) is 11.6 Å². The highest BCUT2D eigenvalue weighted by Gasteiger charge is 2.41. The zero-order valence-corrected chi connectivity index (χ0v) is 14.8. The van der Waals surface area contributed by atoms with Crippen LogP contribution in [0.3, 0.4) is 0 Å². The molecular weight excluding hydrogens is 369 g/mol. The molecule has 114 valence electrons. The maximum Gasteiger partial charge on any atom is 0.329 e. The predicted octanol–water partition coefficient (Wildman–Crippen LogP) is 3.09. The second kappa shape index (κ2) is 7.43. The van der Waals surface area contributed by atoms with Gasteiger partial charge in [-0.15, -0.1) is 0 Å². The Morgan fingerprint density at radius 1 is 1.35 bits per heavy atom. The monoisotopic (exact) mass is 393 g/mol. The van der Waals surface area contributed by atoms with Crippen LogP contribution in [0.4, 0.5) is 0 Å². The van der Waals surface area contributed by atoms with Crippen LogP contribution < -0.4 is 0 Å². The Hall–Kier alpha value is -0.590. The van der Waals surface area contributed by atoms with Crippen molar-refractivity contribution in [3.05, 3.63) is 12.2 Å². The molecule has 0 unspecified atom stereocenters. The summed E-state index contributed by atoms with van der Waals surface area (Å²) in [5.41, 5.74) is -0.520. The maximum absolute atomic E-state index is 12.3. The van der Waals surface area contributed by atoms with Gasteiger partial charge in [-0.2, -0.15) is 0 Å². The van der Waals surface area contributed by atoms with Gasteiger partial charge in [-0.1, -0.05) is 28.7 Å². The smallest absolute Gasteiger partial charge is 0.329 e. The summed E-state index contributed by atoms with van der Waals surface area (Å²) in [6.07, 6.45) is 5.73. The Morgan fingerprint density at radius 2 is 2.00 bits per heavy atom. The molecule has 1 amide bonds. The Bertz CT molecular complexity index is 387. The topological polar surface area (TPSA) is 46.6 Å². The lowest BCUT2D eigenvalue weighted by Crippen LogP contribution is -2.46. The molecule has 1 aliphatic rings. The highest BCUT2D eigenvalue weighted by Crippen LogP contribution is 2.29. The number of carbonyl (C=O) groups is 2. The first-order valence-electron chi connectivity index (χ1n) is 7.04. The normalized spacial score (nSPS) is 23.4. The summed E-state index contributed by atoms with van der Waals surface area (Å²) in [7, 11) is 0.